The molecule has 1 aliphatic heterocycles. The molecule has 6 nitrogen and oxygen atoms in total. The summed E-state index contributed by atoms with van der Waals surface area (Å²) in [5.41, 5.74) is 1.08. The lowest BCUT2D eigenvalue weighted by Crippen LogP contribution is -2.40. The van der Waals surface area contributed by atoms with E-state index in [0.29, 0.717) is 11.8 Å². The number of hydrogen-bond acceptors (Lipinski definition) is 6. The highest BCUT2D eigenvalue weighted by molar-refractivity contribution is 5.83. The molecule has 0 aromatic heterocycles. The topological polar surface area (TPSA) is 60.9 Å². The van der Waals surface area contributed by atoms with Crippen molar-refractivity contribution in [2.75, 3.05) is 34.8 Å². The average molecular weight is 331 g/mol. The second-order valence-corrected chi connectivity index (χ2v) is 7.02. The number of aliphatic imine (C=N–C) groups is 1. The Labute approximate surface area is 144 Å². The first kappa shape index (κ1) is 17.2. The van der Waals surface area contributed by atoms with E-state index in [1.165, 1.54) is 6.42 Å². The van der Waals surface area contributed by atoms with Crippen molar-refractivity contribution in [1.82, 2.24) is 20.9 Å². The number of ether oxygens (including phenoxy) is 1. The number of allylic oxidation sites excluding steroid dienone is 1. The molecule has 1 fully saturated rings. The van der Waals surface area contributed by atoms with Gasteiger partial charge < -0.3 is 20.3 Å². The highest BCUT2D eigenvalue weighted by Crippen LogP contribution is 2.48. The van der Waals surface area contributed by atoms with Crippen molar-refractivity contribution in [2.24, 2.45) is 22.7 Å². The molecule has 0 radical (unpaired) electrons. The quantitative estimate of drug-likeness (QED) is 0.674. The number of nitrogens with zero attached hydrogens (tertiary/aromatic N) is 2. The van der Waals surface area contributed by atoms with Crippen LogP contribution in [-0.4, -0.2) is 57.9 Å². The molecule has 0 bridgehead atoms. The van der Waals surface area contributed by atoms with Gasteiger partial charge in [0.1, 0.15) is 6.17 Å². The third kappa shape index (κ3) is 4.06. The number of rotatable bonds is 6. The minimum atomic E-state index is 0.0114. The van der Waals surface area contributed by atoms with Crippen LogP contribution < -0.4 is 16.0 Å². The van der Waals surface area contributed by atoms with Gasteiger partial charge >= 0.3 is 0 Å². The smallest absolute Gasteiger partial charge is 0.201 e. The fourth-order valence-corrected chi connectivity index (χ4v) is 3.60. The van der Waals surface area contributed by atoms with E-state index in [9.17, 15) is 0 Å². The molecule has 2 aliphatic carbocycles. The van der Waals surface area contributed by atoms with Gasteiger partial charge in [-0.25, -0.2) is 4.99 Å². The lowest BCUT2D eigenvalue weighted by molar-refractivity contribution is 0.0939. The second-order valence-electron chi connectivity index (χ2n) is 7.02. The molecule has 0 spiro atoms. The third-order valence-electron chi connectivity index (χ3n) is 4.89. The van der Waals surface area contributed by atoms with Gasteiger partial charge in [-0.2, -0.15) is 0 Å². The molecule has 132 valence electrons. The Kier molecular flexibility index (Phi) is 5.38. The normalized spacial score (nSPS) is 34.6. The van der Waals surface area contributed by atoms with Crippen LogP contribution in [0.3, 0.4) is 0 Å². The van der Waals surface area contributed by atoms with Crippen molar-refractivity contribution in [2.45, 2.75) is 18.7 Å². The Morgan fingerprint density at radius 3 is 2.92 bits per heavy atom. The minimum absolute atomic E-state index is 0.0114. The molecule has 5 unspecified atom stereocenters. The van der Waals surface area contributed by atoms with Gasteiger partial charge in [0.2, 0.25) is 5.96 Å². The largest absolute Gasteiger partial charge is 0.377 e. The molecule has 3 N–H and O–H groups in total. The van der Waals surface area contributed by atoms with Crippen LogP contribution in [0.25, 0.3) is 0 Å². The third-order valence-corrected chi connectivity index (χ3v) is 4.89. The second kappa shape index (κ2) is 7.51. The first-order valence-corrected chi connectivity index (χ1v) is 8.63. The molecule has 3 aliphatic rings. The molecule has 1 saturated carbocycles. The Bertz CT molecular complexity index is 566. The highest BCUT2D eigenvalue weighted by Gasteiger charge is 2.45. The lowest BCUT2D eigenvalue weighted by atomic mass is 9.90. The Hall–Kier alpha value is -1.63. The van der Waals surface area contributed by atoms with Gasteiger partial charge in [0.15, 0.2) is 0 Å². The molecule has 3 rings (SSSR count). The Balaban J connectivity index is 1.66. The van der Waals surface area contributed by atoms with E-state index < -0.39 is 0 Å². The lowest BCUT2D eigenvalue weighted by Gasteiger charge is -2.27. The maximum absolute atomic E-state index is 5.69. The van der Waals surface area contributed by atoms with Crippen LogP contribution in [0.4, 0.5) is 0 Å². The van der Waals surface area contributed by atoms with Crippen molar-refractivity contribution >= 4 is 5.96 Å². The minimum Gasteiger partial charge on any atom is -0.377 e. The van der Waals surface area contributed by atoms with E-state index in [1.807, 2.05) is 19.3 Å². The molecule has 1 heterocycles. The van der Waals surface area contributed by atoms with Gasteiger partial charge in [-0.15, -0.1) is 0 Å². The van der Waals surface area contributed by atoms with Gasteiger partial charge in [-0.3, -0.25) is 5.32 Å². The molecule has 5 atom stereocenters. The molecule has 24 heavy (non-hydrogen) atoms. The summed E-state index contributed by atoms with van der Waals surface area (Å²) in [7, 11) is 7.99. The number of guanidine groups is 1. The van der Waals surface area contributed by atoms with Crippen molar-refractivity contribution in [1.29, 1.82) is 0 Å². The molecule has 0 aromatic carbocycles. The predicted octanol–water partition coefficient (Wildman–Crippen LogP) is 0.877. The standard InChI is InChI=1S/C18H29N5O/c1-19-17-7-8-20-18(22-17)21-13-5-6-16(24-4)15(10-13)14-9-12(14)11-23(2)3/h5-8,10,12,14-17,19H,9,11H2,1-4H3,(H2,20,21,22). The summed E-state index contributed by atoms with van der Waals surface area (Å²) in [6.45, 7) is 1.15. The fraction of sp³-hybridized carbons (Fsp3) is 0.611. The van der Waals surface area contributed by atoms with Gasteiger partial charge in [-0.05, 0) is 51.6 Å². The van der Waals surface area contributed by atoms with Crippen LogP contribution in [0.2, 0.25) is 0 Å². The van der Waals surface area contributed by atoms with Crippen molar-refractivity contribution < 1.29 is 4.74 Å². The zero-order valence-electron chi connectivity index (χ0n) is 15.0. The molecule has 0 aromatic rings. The van der Waals surface area contributed by atoms with Crippen LogP contribution in [-0.2, 0) is 4.74 Å². The van der Waals surface area contributed by atoms with Gasteiger partial charge in [-0.1, -0.05) is 12.2 Å². The summed E-state index contributed by atoms with van der Waals surface area (Å²) in [4.78, 5) is 6.83. The zero-order chi connectivity index (χ0) is 17.1. The summed E-state index contributed by atoms with van der Waals surface area (Å²) < 4.78 is 5.69. The van der Waals surface area contributed by atoms with E-state index >= 15 is 0 Å². The summed E-state index contributed by atoms with van der Waals surface area (Å²) in [6.07, 6.45) is 11.9. The van der Waals surface area contributed by atoms with E-state index in [1.54, 1.807) is 7.11 Å². The summed E-state index contributed by atoms with van der Waals surface area (Å²) >= 11 is 0. The van der Waals surface area contributed by atoms with Crippen molar-refractivity contribution in [3.63, 3.8) is 0 Å². The van der Waals surface area contributed by atoms with Crippen molar-refractivity contribution in [3.8, 4) is 0 Å². The van der Waals surface area contributed by atoms with Crippen LogP contribution in [0.5, 0.6) is 0 Å². The summed E-state index contributed by atoms with van der Waals surface area (Å²) in [6, 6.07) is 0. The van der Waals surface area contributed by atoms with Crippen LogP contribution in [0.1, 0.15) is 6.42 Å². The monoisotopic (exact) mass is 331 g/mol. The SMILES string of the molecule is CNC1C=CNC(NC2=CC(C3CC3CN(C)C)C(OC)C=C2)=N1. The zero-order valence-corrected chi connectivity index (χ0v) is 15.0. The van der Waals surface area contributed by atoms with E-state index in [4.69, 9.17) is 4.74 Å². The predicted molar refractivity (Wildman–Crippen MR) is 97.4 cm³/mol. The Morgan fingerprint density at radius 2 is 2.21 bits per heavy atom. The number of methoxy groups -OCH3 is 1. The van der Waals surface area contributed by atoms with Crippen LogP contribution >= 0.6 is 0 Å². The van der Waals surface area contributed by atoms with Gasteiger partial charge in [0, 0.05) is 31.5 Å². The van der Waals surface area contributed by atoms with Crippen LogP contribution in [0, 0.1) is 17.8 Å². The number of hydrogen-bond donors (Lipinski definition) is 3. The highest BCUT2D eigenvalue weighted by atomic mass is 16.5. The van der Waals surface area contributed by atoms with Crippen molar-refractivity contribution in [3.05, 3.63) is 36.2 Å². The maximum atomic E-state index is 5.69. The maximum Gasteiger partial charge on any atom is 0.201 e. The van der Waals surface area contributed by atoms with Gasteiger partial charge in [0.25, 0.3) is 0 Å². The first-order valence-electron chi connectivity index (χ1n) is 8.63. The van der Waals surface area contributed by atoms with Gasteiger partial charge in [0.05, 0.1) is 6.10 Å². The molecule has 0 amide bonds. The first-order chi connectivity index (χ1) is 11.6. The summed E-state index contributed by atoms with van der Waals surface area (Å²) in [5, 5.41) is 9.68. The van der Waals surface area contributed by atoms with E-state index in [-0.39, 0.29) is 12.3 Å². The van der Waals surface area contributed by atoms with E-state index in [2.05, 4.69) is 58.2 Å². The number of nitrogens with one attached hydrogen (secondary N) is 3. The number of likely N-dealkylation sites (N-methyl/N-ethyl adjacent to an activating group) is 1. The molecular formula is C18H29N5O. The van der Waals surface area contributed by atoms with E-state index in [0.717, 1.165) is 24.1 Å². The van der Waals surface area contributed by atoms with Crippen LogP contribution in [0.15, 0.2) is 41.2 Å². The average Bonchev–Trinajstić information content (AvgIpc) is 3.33. The summed E-state index contributed by atoms with van der Waals surface area (Å²) in [5.74, 6) is 2.66. The fourth-order valence-electron chi connectivity index (χ4n) is 3.60. The molecule has 6 heteroatoms. The Morgan fingerprint density at radius 1 is 1.38 bits per heavy atom. The molecular weight excluding hydrogens is 302 g/mol. The molecule has 0 saturated heterocycles.